The SMILES string of the molecule is O=C(O)[C@@H]1CCCN(C(=O)N2CCn3cnnc3C2)C1. The van der Waals surface area contributed by atoms with E-state index in [1.165, 1.54) is 0 Å². The van der Waals surface area contributed by atoms with Gasteiger partial charge in [0, 0.05) is 26.2 Å². The maximum absolute atomic E-state index is 12.5. The van der Waals surface area contributed by atoms with Crippen LogP contribution in [-0.2, 0) is 17.9 Å². The van der Waals surface area contributed by atoms with Crippen LogP contribution in [0.4, 0.5) is 4.79 Å². The number of carbonyl (C=O) groups excluding carboxylic acids is 1. The number of rotatable bonds is 1. The molecule has 2 aliphatic rings. The summed E-state index contributed by atoms with van der Waals surface area (Å²) < 4.78 is 1.93. The van der Waals surface area contributed by atoms with Gasteiger partial charge in [0.25, 0.3) is 0 Å². The highest BCUT2D eigenvalue weighted by atomic mass is 16.4. The Labute approximate surface area is 116 Å². The van der Waals surface area contributed by atoms with Crippen molar-refractivity contribution in [3.05, 3.63) is 12.2 Å². The molecule has 0 unspecified atom stereocenters. The highest BCUT2D eigenvalue weighted by molar-refractivity contribution is 5.76. The molecule has 8 nitrogen and oxygen atoms in total. The molecule has 2 aliphatic heterocycles. The standard InChI is InChI=1S/C12H17N5O3/c18-11(19)9-2-1-3-15(6-9)12(20)16-4-5-17-8-13-14-10(17)7-16/h8-9H,1-7H2,(H,18,19)/t9-/m1/s1. The summed E-state index contributed by atoms with van der Waals surface area (Å²) in [6, 6.07) is -0.0924. The van der Waals surface area contributed by atoms with Gasteiger partial charge in [-0.3, -0.25) is 4.79 Å². The molecule has 1 saturated heterocycles. The number of likely N-dealkylation sites (tertiary alicyclic amines) is 1. The molecule has 2 amide bonds. The first kappa shape index (κ1) is 12.9. The molecule has 3 heterocycles. The van der Waals surface area contributed by atoms with Gasteiger partial charge in [0.15, 0.2) is 5.82 Å². The van der Waals surface area contributed by atoms with Crippen LogP contribution in [0.3, 0.4) is 0 Å². The lowest BCUT2D eigenvalue weighted by Gasteiger charge is -2.36. The second kappa shape index (κ2) is 5.10. The van der Waals surface area contributed by atoms with E-state index in [0.29, 0.717) is 39.1 Å². The van der Waals surface area contributed by atoms with Gasteiger partial charge in [0.05, 0.1) is 12.5 Å². The maximum Gasteiger partial charge on any atom is 0.320 e. The summed E-state index contributed by atoms with van der Waals surface area (Å²) in [5.74, 6) is -0.488. The molecule has 1 aromatic rings. The van der Waals surface area contributed by atoms with E-state index in [9.17, 15) is 9.59 Å². The first-order chi connectivity index (χ1) is 9.65. The Hall–Kier alpha value is -2.12. The molecule has 108 valence electrons. The summed E-state index contributed by atoms with van der Waals surface area (Å²) in [5.41, 5.74) is 0. The second-order valence-electron chi connectivity index (χ2n) is 5.27. The van der Waals surface area contributed by atoms with Gasteiger partial charge in [-0.2, -0.15) is 0 Å². The van der Waals surface area contributed by atoms with Crippen LogP contribution < -0.4 is 0 Å². The van der Waals surface area contributed by atoms with Crippen LogP contribution in [0, 0.1) is 5.92 Å². The average molecular weight is 279 g/mol. The van der Waals surface area contributed by atoms with E-state index < -0.39 is 11.9 Å². The van der Waals surface area contributed by atoms with Gasteiger partial charge in [-0.1, -0.05) is 0 Å². The number of aromatic nitrogens is 3. The number of hydrogen-bond acceptors (Lipinski definition) is 4. The summed E-state index contributed by atoms with van der Waals surface area (Å²) in [4.78, 5) is 26.9. The van der Waals surface area contributed by atoms with E-state index in [1.807, 2.05) is 4.57 Å². The topological polar surface area (TPSA) is 91.6 Å². The largest absolute Gasteiger partial charge is 0.481 e. The van der Waals surface area contributed by atoms with Crippen molar-refractivity contribution in [2.75, 3.05) is 19.6 Å². The van der Waals surface area contributed by atoms with E-state index in [1.54, 1.807) is 16.1 Å². The predicted octanol–water partition coefficient (Wildman–Crippen LogP) is 0.0103. The van der Waals surface area contributed by atoms with Crippen molar-refractivity contribution in [2.45, 2.75) is 25.9 Å². The van der Waals surface area contributed by atoms with Crippen LogP contribution in [-0.4, -0.2) is 61.3 Å². The zero-order valence-corrected chi connectivity index (χ0v) is 11.1. The van der Waals surface area contributed by atoms with E-state index >= 15 is 0 Å². The van der Waals surface area contributed by atoms with Crippen molar-refractivity contribution in [3.63, 3.8) is 0 Å². The van der Waals surface area contributed by atoms with Gasteiger partial charge in [-0.25, -0.2) is 4.79 Å². The minimum Gasteiger partial charge on any atom is -0.481 e. The monoisotopic (exact) mass is 279 g/mol. The third-order valence-electron chi connectivity index (χ3n) is 3.95. The number of amides is 2. The fourth-order valence-corrected chi connectivity index (χ4v) is 2.78. The quantitative estimate of drug-likeness (QED) is 0.782. The molecule has 1 atom stereocenters. The van der Waals surface area contributed by atoms with Crippen molar-refractivity contribution in [3.8, 4) is 0 Å². The number of hydrogen-bond donors (Lipinski definition) is 1. The molecule has 0 aliphatic carbocycles. The third kappa shape index (κ3) is 2.33. The van der Waals surface area contributed by atoms with E-state index in [2.05, 4.69) is 10.2 Å². The summed E-state index contributed by atoms with van der Waals surface area (Å²) in [5, 5.41) is 16.9. The van der Waals surface area contributed by atoms with Crippen LogP contribution in [0.5, 0.6) is 0 Å². The molecular weight excluding hydrogens is 262 g/mol. The molecular formula is C12H17N5O3. The fourth-order valence-electron chi connectivity index (χ4n) is 2.78. The summed E-state index contributed by atoms with van der Waals surface area (Å²) >= 11 is 0. The number of aliphatic carboxylic acids is 1. The number of piperidine rings is 1. The molecule has 3 rings (SSSR count). The van der Waals surface area contributed by atoms with Gasteiger partial charge in [-0.05, 0) is 12.8 Å². The van der Waals surface area contributed by atoms with Gasteiger partial charge >= 0.3 is 12.0 Å². The molecule has 0 saturated carbocycles. The fraction of sp³-hybridized carbons (Fsp3) is 0.667. The number of carboxylic acid groups (broad SMARTS) is 1. The van der Waals surface area contributed by atoms with Gasteiger partial charge in [-0.15, -0.1) is 10.2 Å². The van der Waals surface area contributed by atoms with E-state index in [0.717, 1.165) is 12.2 Å². The Kier molecular flexibility index (Phi) is 3.29. The van der Waals surface area contributed by atoms with Crippen molar-refractivity contribution in [2.24, 2.45) is 5.92 Å². The first-order valence-corrected chi connectivity index (χ1v) is 6.78. The minimum absolute atomic E-state index is 0.0924. The van der Waals surface area contributed by atoms with Gasteiger partial charge < -0.3 is 19.5 Å². The maximum atomic E-state index is 12.5. The van der Waals surface area contributed by atoms with Gasteiger partial charge in [0.1, 0.15) is 6.33 Å². The molecule has 1 N–H and O–H groups in total. The third-order valence-corrected chi connectivity index (χ3v) is 3.95. The van der Waals surface area contributed by atoms with Crippen LogP contribution in [0.1, 0.15) is 18.7 Å². The molecule has 0 spiro atoms. The Balaban J connectivity index is 1.66. The molecule has 8 heteroatoms. The lowest BCUT2D eigenvalue weighted by atomic mass is 9.98. The Morgan fingerprint density at radius 1 is 1.25 bits per heavy atom. The van der Waals surface area contributed by atoms with Crippen LogP contribution in [0.25, 0.3) is 0 Å². The lowest BCUT2D eigenvalue weighted by Crippen LogP contribution is -2.50. The average Bonchev–Trinajstić information content (AvgIpc) is 2.94. The summed E-state index contributed by atoms with van der Waals surface area (Å²) in [7, 11) is 0. The Morgan fingerprint density at radius 3 is 2.90 bits per heavy atom. The van der Waals surface area contributed by atoms with E-state index in [-0.39, 0.29) is 6.03 Å². The van der Waals surface area contributed by atoms with Crippen LogP contribution in [0.2, 0.25) is 0 Å². The highest BCUT2D eigenvalue weighted by Crippen LogP contribution is 2.19. The van der Waals surface area contributed by atoms with Crippen molar-refractivity contribution in [1.82, 2.24) is 24.6 Å². The second-order valence-corrected chi connectivity index (χ2v) is 5.27. The predicted molar refractivity (Wildman–Crippen MR) is 67.8 cm³/mol. The normalized spacial score (nSPS) is 22.5. The smallest absolute Gasteiger partial charge is 0.320 e. The first-order valence-electron chi connectivity index (χ1n) is 6.78. The number of carbonyl (C=O) groups is 2. The van der Waals surface area contributed by atoms with Crippen molar-refractivity contribution >= 4 is 12.0 Å². The molecule has 0 aromatic carbocycles. The molecule has 0 bridgehead atoms. The van der Waals surface area contributed by atoms with Crippen LogP contribution >= 0.6 is 0 Å². The summed E-state index contributed by atoms with van der Waals surface area (Å²) in [6.07, 6.45) is 3.05. The lowest BCUT2D eigenvalue weighted by molar-refractivity contribution is -0.143. The van der Waals surface area contributed by atoms with E-state index in [4.69, 9.17) is 5.11 Å². The number of urea groups is 1. The number of carboxylic acids is 1. The number of fused-ring (bicyclic) bond motifs is 1. The highest BCUT2D eigenvalue weighted by Gasteiger charge is 2.32. The zero-order chi connectivity index (χ0) is 14.1. The van der Waals surface area contributed by atoms with Gasteiger partial charge in [0.2, 0.25) is 0 Å². The summed E-state index contributed by atoms with van der Waals surface area (Å²) in [6.45, 7) is 2.67. The molecule has 0 radical (unpaired) electrons. The minimum atomic E-state index is -0.819. The molecule has 1 fully saturated rings. The zero-order valence-electron chi connectivity index (χ0n) is 11.1. The van der Waals surface area contributed by atoms with Crippen LogP contribution in [0.15, 0.2) is 6.33 Å². The van der Waals surface area contributed by atoms with Crippen molar-refractivity contribution < 1.29 is 14.7 Å². The number of nitrogens with zero attached hydrogens (tertiary/aromatic N) is 5. The Bertz CT molecular complexity index is 529. The molecule has 20 heavy (non-hydrogen) atoms. The van der Waals surface area contributed by atoms with Crippen molar-refractivity contribution in [1.29, 1.82) is 0 Å². The molecule has 1 aromatic heterocycles. The Morgan fingerprint density at radius 2 is 2.10 bits per heavy atom.